The van der Waals surface area contributed by atoms with Gasteiger partial charge in [0, 0.05) is 18.6 Å². The Bertz CT molecular complexity index is 164. The molecule has 14 heavy (non-hydrogen) atoms. The Kier molecular flexibility index (Phi) is 6.93. The third kappa shape index (κ3) is 5.45. The van der Waals surface area contributed by atoms with Crippen LogP contribution in [0.2, 0.25) is 0 Å². The summed E-state index contributed by atoms with van der Waals surface area (Å²) in [4.78, 5) is 13.3. The van der Waals surface area contributed by atoms with E-state index in [0.717, 1.165) is 6.54 Å². The lowest BCUT2D eigenvalue weighted by molar-refractivity contribution is -0.142. The van der Waals surface area contributed by atoms with E-state index < -0.39 is 0 Å². The molecule has 0 unspecified atom stereocenters. The van der Waals surface area contributed by atoms with Crippen LogP contribution in [0.3, 0.4) is 0 Å². The summed E-state index contributed by atoms with van der Waals surface area (Å²) in [5, 5.41) is 0. The molecular weight excluding hydrogens is 202 g/mol. The van der Waals surface area contributed by atoms with Crippen molar-refractivity contribution in [1.29, 1.82) is 0 Å². The van der Waals surface area contributed by atoms with Crippen LogP contribution in [0.4, 0.5) is 0 Å². The normalized spacial score (nSPS) is 11.4. The van der Waals surface area contributed by atoms with E-state index in [4.69, 9.17) is 11.6 Å². The van der Waals surface area contributed by atoms with Gasteiger partial charge < -0.3 is 4.74 Å². The average molecular weight is 222 g/mol. The van der Waals surface area contributed by atoms with E-state index in [2.05, 4.69) is 37.3 Å². The molecule has 0 aliphatic carbocycles. The smallest absolute Gasteiger partial charge is 0.308 e. The monoisotopic (exact) mass is 221 g/mol. The molecule has 0 saturated carbocycles. The van der Waals surface area contributed by atoms with E-state index in [1.165, 1.54) is 0 Å². The van der Waals surface area contributed by atoms with Gasteiger partial charge >= 0.3 is 5.97 Å². The Morgan fingerprint density at radius 1 is 1.29 bits per heavy atom. The minimum atomic E-state index is -0.230. The number of alkyl halides is 1. The number of nitrogens with zero attached hydrogens (tertiary/aromatic N) is 1. The van der Waals surface area contributed by atoms with Crippen LogP contribution in [0.1, 0.15) is 34.1 Å². The summed E-state index contributed by atoms with van der Waals surface area (Å²) in [6, 6.07) is 0.833. The fourth-order valence-corrected chi connectivity index (χ4v) is 1.59. The lowest BCUT2D eigenvalue weighted by atomic mass is 10.2. The highest BCUT2D eigenvalue weighted by Crippen LogP contribution is 2.06. The quantitative estimate of drug-likeness (QED) is 0.509. The third-order valence-corrected chi connectivity index (χ3v) is 2.23. The first kappa shape index (κ1) is 13.7. The second-order valence-electron chi connectivity index (χ2n) is 3.80. The van der Waals surface area contributed by atoms with Gasteiger partial charge in [0.2, 0.25) is 0 Å². The van der Waals surface area contributed by atoms with Crippen molar-refractivity contribution in [3.63, 3.8) is 0 Å². The Morgan fingerprint density at radius 3 is 2.14 bits per heavy atom. The largest absolute Gasteiger partial charge is 0.449 e. The number of hydrogen-bond acceptors (Lipinski definition) is 3. The molecule has 0 saturated heterocycles. The van der Waals surface area contributed by atoms with Crippen LogP contribution in [0.15, 0.2) is 0 Å². The number of ether oxygens (including phenoxy) is 1. The fourth-order valence-electron chi connectivity index (χ4n) is 1.47. The van der Waals surface area contributed by atoms with E-state index in [1.807, 2.05) is 0 Å². The number of rotatable bonds is 6. The van der Waals surface area contributed by atoms with Crippen LogP contribution in [0.5, 0.6) is 0 Å². The van der Waals surface area contributed by atoms with Gasteiger partial charge in [-0.15, -0.1) is 0 Å². The molecule has 0 aromatic heterocycles. The highest BCUT2D eigenvalue weighted by molar-refractivity contribution is 6.17. The summed E-state index contributed by atoms with van der Waals surface area (Å²) in [7, 11) is 0. The first-order chi connectivity index (χ1) is 6.49. The zero-order chi connectivity index (χ0) is 11.1. The molecule has 4 heteroatoms. The maximum absolute atomic E-state index is 11.1. The van der Waals surface area contributed by atoms with Gasteiger partial charge in [-0.05, 0) is 27.7 Å². The van der Waals surface area contributed by atoms with E-state index in [-0.39, 0.29) is 12.0 Å². The lowest BCUT2D eigenvalue weighted by Crippen LogP contribution is -2.38. The van der Waals surface area contributed by atoms with Crippen molar-refractivity contribution < 1.29 is 9.53 Å². The summed E-state index contributed by atoms with van der Waals surface area (Å²) < 4.78 is 4.65. The predicted octanol–water partition coefficient (Wildman–Crippen LogP) is 2.23. The number of carbonyl (C=O) groups excluding carboxylic acids is 1. The first-order valence-electron chi connectivity index (χ1n) is 4.96. The van der Waals surface area contributed by atoms with Gasteiger partial charge in [-0.2, -0.15) is 0 Å². The highest BCUT2D eigenvalue weighted by Gasteiger charge is 2.14. The first-order valence-corrected chi connectivity index (χ1v) is 5.49. The van der Waals surface area contributed by atoms with Crippen molar-refractivity contribution in [2.45, 2.75) is 46.2 Å². The van der Waals surface area contributed by atoms with Crippen LogP contribution in [0, 0.1) is 0 Å². The molecule has 0 fully saturated rings. The zero-order valence-corrected chi connectivity index (χ0v) is 10.2. The maximum Gasteiger partial charge on any atom is 0.308 e. The number of esters is 1. The average Bonchev–Trinajstić information content (AvgIpc) is 2.03. The second kappa shape index (κ2) is 7.07. The molecule has 0 aliphatic heterocycles. The molecule has 3 nitrogen and oxygen atoms in total. The van der Waals surface area contributed by atoms with Gasteiger partial charge in [0.05, 0.1) is 6.42 Å². The van der Waals surface area contributed by atoms with Crippen molar-refractivity contribution in [2.24, 2.45) is 0 Å². The summed E-state index contributed by atoms with van der Waals surface area (Å²) in [6.07, 6.45) is 0.406. The molecule has 0 heterocycles. The maximum atomic E-state index is 11.1. The second-order valence-corrected chi connectivity index (χ2v) is 4.02. The third-order valence-electron chi connectivity index (χ3n) is 2.12. The van der Waals surface area contributed by atoms with Crippen LogP contribution in [-0.4, -0.2) is 35.6 Å². The molecule has 0 N–H and O–H groups in total. The SMILES string of the molecule is CC(C)N(CCC(=O)OCCl)C(C)C. The number of carbonyl (C=O) groups is 1. The molecule has 0 aromatic carbocycles. The van der Waals surface area contributed by atoms with E-state index in [0.29, 0.717) is 18.5 Å². The minimum Gasteiger partial charge on any atom is -0.449 e. The van der Waals surface area contributed by atoms with Crippen molar-refractivity contribution in [1.82, 2.24) is 4.90 Å². The van der Waals surface area contributed by atoms with Gasteiger partial charge in [-0.1, -0.05) is 11.6 Å². The topological polar surface area (TPSA) is 29.5 Å². The van der Waals surface area contributed by atoms with E-state index >= 15 is 0 Å². The molecule has 0 aromatic rings. The summed E-state index contributed by atoms with van der Waals surface area (Å²) in [5.74, 6) is -0.230. The molecule has 0 rings (SSSR count). The molecule has 0 spiro atoms. The van der Waals surface area contributed by atoms with Gasteiger partial charge in [-0.25, -0.2) is 0 Å². The van der Waals surface area contributed by atoms with Crippen LogP contribution in [-0.2, 0) is 9.53 Å². The Morgan fingerprint density at radius 2 is 1.79 bits per heavy atom. The number of halogens is 1. The molecule has 0 bridgehead atoms. The van der Waals surface area contributed by atoms with E-state index in [9.17, 15) is 4.79 Å². The van der Waals surface area contributed by atoms with Gasteiger partial charge in [-0.3, -0.25) is 9.69 Å². The molecular formula is C10H20ClNO2. The van der Waals surface area contributed by atoms with Gasteiger partial charge in [0.15, 0.2) is 6.07 Å². The fraction of sp³-hybridized carbons (Fsp3) is 0.900. The lowest BCUT2D eigenvalue weighted by Gasteiger charge is -2.29. The summed E-state index contributed by atoms with van der Waals surface area (Å²) in [5.41, 5.74) is 0. The minimum absolute atomic E-state index is 0.0534. The highest BCUT2D eigenvalue weighted by atomic mass is 35.5. The Hall–Kier alpha value is -0.280. The Labute approximate surface area is 91.4 Å². The standard InChI is InChI=1S/C10H20ClNO2/c1-8(2)12(9(3)4)6-5-10(13)14-7-11/h8-9H,5-7H2,1-4H3. The summed E-state index contributed by atoms with van der Waals surface area (Å²) >= 11 is 5.28. The molecule has 0 radical (unpaired) electrons. The molecule has 0 amide bonds. The van der Waals surface area contributed by atoms with Gasteiger partial charge in [0.25, 0.3) is 0 Å². The van der Waals surface area contributed by atoms with E-state index in [1.54, 1.807) is 0 Å². The van der Waals surface area contributed by atoms with Crippen molar-refractivity contribution in [3.8, 4) is 0 Å². The number of hydrogen-bond donors (Lipinski definition) is 0. The van der Waals surface area contributed by atoms with Crippen LogP contribution >= 0.6 is 11.6 Å². The van der Waals surface area contributed by atoms with Crippen molar-refractivity contribution in [3.05, 3.63) is 0 Å². The summed E-state index contributed by atoms with van der Waals surface area (Å²) in [6.45, 7) is 9.20. The van der Waals surface area contributed by atoms with Crippen molar-refractivity contribution in [2.75, 3.05) is 12.6 Å². The van der Waals surface area contributed by atoms with Crippen LogP contribution in [0.25, 0.3) is 0 Å². The predicted molar refractivity (Wildman–Crippen MR) is 58.4 cm³/mol. The molecule has 0 atom stereocenters. The molecule has 0 aliphatic rings. The Balaban J connectivity index is 3.88. The molecule has 84 valence electrons. The van der Waals surface area contributed by atoms with Crippen LogP contribution < -0.4 is 0 Å². The van der Waals surface area contributed by atoms with Gasteiger partial charge in [0.1, 0.15) is 0 Å². The zero-order valence-electron chi connectivity index (χ0n) is 9.42. The van der Waals surface area contributed by atoms with Crippen molar-refractivity contribution >= 4 is 17.6 Å².